The number of aryl methyl sites for hydroxylation is 2. The fourth-order valence-corrected chi connectivity index (χ4v) is 2.84. The van der Waals surface area contributed by atoms with Crippen molar-refractivity contribution < 1.29 is 13.9 Å². The summed E-state index contributed by atoms with van der Waals surface area (Å²) in [5, 5.41) is 1.06. The average Bonchev–Trinajstić information content (AvgIpc) is 3.04. The molecule has 23 heavy (non-hydrogen) atoms. The minimum Gasteiger partial charge on any atom is -0.467 e. The smallest absolute Gasteiger partial charge is 0.417 e. The number of pyridine rings is 1. The normalized spacial score (nSPS) is 14.0. The van der Waals surface area contributed by atoms with E-state index in [1.165, 1.54) is 5.56 Å². The van der Waals surface area contributed by atoms with Crippen molar-refractivity contribution in [3.63, 3.8) is 0 Å². The number of hydrogen-bond acceptors (Lipinski definition) is 4. The summed E-state index contributed by atoms with van der Waals surface area (Å²) in [6.45, 7) is 4.93. The van der Waals surface area contributed by atoms with Crippen molar-refractivity contribution in [2.75, 3.05) is 0 Å². The number of aromatic nitrogens is 1. The van der Waals surface area contributed by atoms with Crippen LogP contribution in [-0.4, -0.2) is 16.0 Å². The van der Waals surface area contributed by atoms with Gasteiger partial charge >= 0.3 is 6.09 Å². The standard InChI is InChI=1S/C18H16N2O3/c1-11-5-6-13-8-14-9-20(10-15-4-3-7-22-15)18(21)23-17(14)19-16(13)12(11)2/h3-8H,9-10H2,1-2H3. The lowest BCUT2D eigenvalue weighted by Gasteiger charge is -2.27. The number of amides is 1. The van der Waals surface area contributed by atoms with Crippen molar-refractivity contribution in [1.29, 1.82) is 0 Å². The van der Waals surface area contributed by atoms with Gasteiger partial charge in [0.15, 0.2) is 0 Å². The molecular formula is C18H16N2O3. The first-order valence-electron chi connectivity index (χ1n) is 7.51. The lowest BCUT2D eigenvalue weighted by Crippen LogP contribution is -2.36. The Morgan fingerprint density at radius 2 is 2.13 bits per heavy atom. The van der Waals surface area contributed by atoms with Crippen molar-refractivity contribution in [3.05, 3.63) is 59.0 Å². The van der Waals surface area contributed by atoms with Gasteiger partial charge in [0.25, 0.3) is 0 Å². The van der Waals surface area contributed by atoms with Crippen LogP contribution in [0.4, 0.5) is 4.79 Å². The zero-order valence-electron chi connectivity index (χ0n) is 13.0. The van der Waals surface area contributed by atoms with Crippen molar-refractivity contribution in [2.24, 2.45) is 0 Å². The molecule has 0 radical (unpaired) electrons. The highest BCUT2D eigenvalue weighted by Gasteiger charge is 2.27. The molecule has 0 atom stereocenters. The Morgan fingerprint density at radius 3 is 2.91 bits per heavy atom. The van der Waals surface area contributed by atoms with Gasteiger partial charge < -0.3 is 9.15 Å². The van der Waals surface area contributed by atoms with Gasteiger partial charge in [-0.2, -0.15) is 0 Å². The maximum absolute atomic E-state index is 12.2. The molecule has 0 N–H and O–H groups in total. The molecule has 2 aromatic heterocycles. The van der Waals surface area contributed by atoms with E-state index >= 15 is 0 Å². The number of benzene rings is 1. The van der Waals surface area contributed by atoms with Gasteiger partial charge in [-0.1, -0.05) is 12.1 Å². The summed E-state index contributed by atoms with van der Waals surface area (Å²) in [7, 11) is 0. The quantitative estimate of drug-likeness (QED) is 0.719. The summed E-state index contributed by atoms with van der Waals surface area (Å²) >= 11 is 0. The number of furan rings is 1. The first kappa shape index (κ1) is 13.8. The number of hydrogen-bond donors (Lipinski definition) is 0. The summed E-state index contributed by atoms with van der Waals surface area (Å²) in [5.74, 6) is 1.14. The van der Waals surface area contributed by atoms with Gasteiger partial charge in [0.05, 0.1) is 24.9 Å². The fraction of sp³-hybridized carbons (Fsp3) is 0.222. The maximum atomic E-state index is 12.2. The molecule has 0 unspecified atom stereocenters. The molecule has 1 aliphatic heterocycles. The number of nitrogens with zero attached hydrogens (tertiary/aromatic N) is 2. The highest BCUT2D eigenvalue weighted by Crippen LogP contribution is 2.30. The SMILES string of the molecule is Cc1ccc2cc3c(nc2c1C)OC(=O)N(Cc1ccco1)C3. The lowest BCUT2D eigenvalue weighted by atomic mass is 10.0. The van der Waals surface area contributed by atoms with Crippen molar-refractivity contribution in [2.45, 2.75) is 26.9 Å². The molecule has 0 spiro atoms. The zero-order valence-corrected chi connectivity index (χ0v) is 13.0. The van der Waals surface area contributed by atoms with Crippen LogP contribution < -0.4 is 4.74 Å². The van der Waals surface area contributed by atoms with Crippen molar-refractivity contribution >= 4 is 17.0 Å². The minimum atomic E-state index is -0.397. The molecule has 0 bridgehead atoms. The summed E-state index contributed by atoms with van der Waals surface area (Å²) in [4.78, 5) is 18.4. The Morgan fingerprint density at radius 1 is 1.26 bits per heavy atom. The minimum absolute atomic E-state index is 0.385. The van der Waals surface area contributed by atoms with E-state index in [0.717, 1.165) is 27.8 Å². The molecule has 0 saturated carbocycles. The van der Waals surface area contributed by atoms with E-state index in [1.807, 2.05) is 26.0 Å². The molecule has 0 fully saturated rings. The number of carbonyl (C=O) groups excluding carboxylic acids is 1. The van der Waals surface area contributed by atoms with E-state index in [1.54, 1.807) is 17.2 Å². The maximum Gasteiger partial charge on any atom is 0.417 e. The first-order chi connectivity index (χ1) is 11.1. The Bertz CT molecular complexity index is 900. The summed E-state index contributed by atoms with van der Waals surface area (Å²) in [6, 6.07) is 9.83. The molecule has 0 saturated heterocycles. The molecular weight excluding hydrogens is 292 g/mol. The van der Waals surface area contributed by atoms with Crippen LogP contribution in [-0.2, 0) is 13.1 Å². The van der Waals surface area contributed by atoms with Gasteiger partial charge in [-0.05, 0) is 43.2 Å². The number of ether oxygens (including phenoxy) is 1. The molecule has 1 amide bonds. The van der Waals surface area contributed by atoms with Crippen LogP contribution in [0.2, 0.25) is 0 Å². The molecule has 1 aliphatic rings. The largest absolute Gasteiger partial charge is 0.467 e. The highest BCUT2D eigenvalue weighted by atomic mass is 16.6. The van der Waals surface area contributed by atoms with Crippen molar-refractivity contribution in [3.8, 4) is 5.88 Å². The summed E-state index contributed by atoms with van der Waals surface area (Å²) in [6.07, 6.45) is 1.20. The molecule has 0 aliphatic carbocycles. The molecule has 1 aromatic carbocycles. The van der Waals surface area contributed by atoms with Gasteiger partial charge in [-0.15, -0.1) is 0 Å². The van der Waals surface area contributed by atoms with Gasteiger partial charge in [-0.25, -0.2) is 9.78 Å². The van der Waals surface area contributed by atoms with Gasteiger partial charge in [-0.3, -0.25) is 4.90 Å². The topological polar surface area (TPSA) is 55.6 Å². The fourth-order valence-electron chi connectivity index (χ4n) is 2.84. The van der Waals surface area contributed by atoms with Gasteiger partial charge in [0, 0.05) is 10.9 Å². The summed E-state index contributed by atoms with van der Waals surface area (Å²) < 4.78 is 10.7. The third-order valence-corrected chi connectivity index (χ3v) is 4.28. The van der Waals surface area contributed by atoms with Crippen LogP contribution >= 0.6 is 0 Å². The molecule has 5 heteroatoms. The predicted octanol–water partition coefficient (Wildman–Crippen LogP) is 3.96. The zero-order chi connectivity index (χ0) is 16.0. The summed E-state index contributed by atoms with van der Waals surface area (Å²) in [5.41, 5.74) is 4.08. The molecule has 3 heterocycles. The Labute approximate surface area is 133 Å². The monoisotopic (exact) mass is 308 g/mol. The Kier molecular flexibility index (Phi) is 3.08. The molecule has 116 valence electrons. The lowest BCUT2D eigenvalue weighted by molar-refractivity contribution is 0.129. The molecule has 4 rings (SSSR count). The third-order valence-electron chi connectivity index (χ3n) is 4.28. The predicted molar refractivity (Wildman–Crippen MR) is 85.2 cm³/mol. The van der Waals surface area contributed by atoms with E-state index < -0.39 is 6.09 Å². The average molecular weight is 308 g/mol. The van der Waals surface area contributed by atoms with E-state index in [4.69, 9.17) is 9.15 Å². The van der Waals surface area contributed by atoms with Gasteiger partial charge in [0.2, 0.25) is 5.88 Å². The van der Waals surface area contributed by atoms with E-state index in [2.05, 4.69) is 17.1 Å². The van der Waals surface area contributed by atoms with Crippen molar-refractivity contribution in [1.82, 2.24) is 9.88 Å². The van der Waals surface area contributed by atoms with E-state index in [0.29, 0.717) is 19.0 Å². The number of fused-ring (bicyclic) bond motifs is 2. The van der Waals surface area contributed by atoms with Crippen LogP contribution in [0.3, 0.4) is 0 Å². The van der Waals surface area contributed by atoms with E-state index in [-0.39, 0.29) is 0 Å². The van der Waals surface area contributed by atoms with Crippen LogP contribution in [0, 0.1) is 13.8 Å². The molecule has 3 aromatic rings. The molecule has 5 nitrogen and oxygen atoms in total. The second kappa shape index (κ2) is 5.12. The second-order valence-electron chi connectivity index (χ2n) is 5.84. The third kappa shape index (κ3) is 2.34. The van der Waals surface area contributed by atoms with E-state index in [9.17, 15) is 4.79 Å². The van der Waals surface area contributed by atoms with Crippen LogP contribution in [0.1, 0.15) is 22.5 Å². The highest BCUT2D eigenvalue weighted by molar-refractivity contribution is 5.85. The second-order valence-corrected chi connectivity index (χ2v) is 5.84. The first-order valence-corrected chi connectivity index (χ1v) is 7.51. The van der Waals surface area contributed by atoms with Crippen LogP contribution in [0.25, 0.3) is 10.9 Å². The Balaban J connectivity index is 1.73. The van der Waals surface area contributed by atoms with Gasteiger partial charge in [0.1, 0.15) is 5.76 Å². The van der Waals surface area contributed by atoms with Crippen LogP contribution in [0.5, 0.6) is 5.88 Å². The van der Waals surface area contributed by atoms with Crippen LogP contribution in [0.15, 0.2) is 41.0 Å². The number of carbonyl (C=O) groups is 1. The Hall–Kier alpha value is -2.82. The number of rotatable bonds is 2.